The van der Waals surface area contributed by atoms with Gasteiger partial charge in [0.25, 0.3) is 0 Å². The Morgan fingerprint density at radius 3 is 2.09 bits per heavy atom. The second-order valence-corrected chi connectivity index (χ2v) is 5.49. The molecule has 0 unspecified atom stereocenters. The van der Waals surface area contributed by atoms with Gasteiger partial charge in [-0.25, -0.2) is 0 Å². The number of Topliss-reactive ketones (excluding diaryl/α,β-unsaturated/α-hetero) is 1. The monoisotopic (exact) mass is 270 g/mol. The van der Waals surface area contributed by atoms with Crippen LogP contribution < -0.4 is 0 Å². The number of hydrogen-bond acceptors (Lipinski definition) is 2. The Labute approximate surface area is 79.3 Å². The molecule has 0 aliphatic heterocycles. The number of carboxylic acids is 1. The summed E-state index contributed by atoms with van der Waals surface area (Å²) in [6.45, 7) is 3.55. The second kappa shape index (κ2) is 4.04. The van der Waals surface area contributed by atoms with E-state index < -0.39 is 9.39 Å². The van der Waals surface area contributed by atoms with Crippen molar-refractivity contribution in [1.82, 2.24) is 0 Å². The molecule has 0 radical (unpaired) electrons. The van der Waals surface area contributed by atoms with Crippen LogP contribution in [0.3, 0.4) is 0 Å². The number of halogens is 1. The lowest BCUT2D eigenvalue weighted by molar-refractivity contribution is -0.138. The van der Waals surface area contributed by atoms with Crippen LogP contribution in [0.4, 0.5) is 0 Å². The Morgan fingerprint density at radius 1 is 1.36 bits per heavy atom. The molecule has 11 heavy (non-hydrogen) atoms. The van der Waals surface area contributed by atoms with Crippen LogP contribution in [-0.4, -0.2) is 20.3 Å². The van der Waals surface area contributed by atoms with E-state index in [2.05, 4.69) is 0 Å². The Hall–Kier alpha value is -0.130. The predicted octanol–water partition coefficient (Wildman–Crippen LogP) is 1.63. The molecule has 0 atom stereocenters. The van der Waals surface area contributed by atoms with Gasteiger partial charge in [-0.05, 0) is 13.8 Å². The van der Waals surface area contributed by atoms with E-state index in [1.54, 1.807) is 13.8 Å². The van der Waals surface area contributed by atoms with Gasteiger partial charge in [0.1, 0.15) is 5.78 Å². The van der Waals surface area contributed by atoms with Crippen LogP contribution in [0.5, 0.6) is 0 Å². The second-order valence-electron chi connectivity index (χ2n) is 2.79. The van der Waals surface area contributed by atoms with Crippen LogP contribution in [0.15, 0.2) is 0 Å². The number of rotatable bonds is 4. The molecule has 0 spiro atoms. The molecule has 0 aromatic rings. The van der Waals surface area contributed by atoms with E-state index in [0.29, 0.717) is 0 Å². The van der Waals surface area contributed by atoms with Crippen molar-refractivity contribution < 1.29 is 14.7 Å². The van der Waals surface area contributed by atoms with Gasteiger partial charge in [0.15, 0.2) is 0 Å². The average Bonchev–Trinajstić information content (AvgIpc) is 1.80. The van der Waals surface area contributed by atoms with Crippen molar-refractivity contribution in [3.63, 3.8) is 0 Å². The zero-order chi connectivity index (χ0) is 9.07. The first-order valence-corrected chi connectivity index (χ1v) is 4.36. The zero-order valence-electron chi connectivity index (χ0n) is 6.56. The maximum atomic E-state index is 11.1. The minimum Gasteiger partial charge on any atom is -0.481 e. The van der Waals surface area contributed by atoms with Gasteiger partial charge >= 0.3 is 5.97 Å². The topological polar surface area (TPSA) is 54.4 Å². The van der Waals surface area contributed by atoms with Crippen LogP contribution >= 0.6 is 22.6 Å². The fourth-order valence-corrected chi connectivity index (χ4v) is 0.787. The molecule has 0 aliphatic carbocycles. The summed E-state index contributed by atoms with van der Waals surface area (Å²) >= 11 is 2.01. The predicted molar refractivity (Wildman–Crippen MR) is 50.0 cm³/mol. The Morgan fingerprint density at radius 2 is 1.82 bits per heavy atom. The maximum absolute atomic E-state index is 11.1. The molecule has 0 heterocycles. The quantitative estimate of drug-likeness (QED) is 0.624. The summed E-state index contributed by atoms with van der Waals surface area (Å²) in [4.78, 5) is 21.2. The number of carboxylic acid groups (broad SMARTS) is 1. The zero-order valence-corrected chi connectivity index (χ0v) is 8.71. The SMILES string of the molecule is CC(C)(I)C(=O)CCC(=O)O. The van der Waals surface area contributed by atoms with Crippen molar-refractivity contribution >= 4 is 34.3 Å². The van der Waals surface area contributed by atoms with E-state index in [1.165, 1.54) is 0 Å². The van der Waals surface area contributed by atoms with Gasteiger partial charge < -0.3 is 5.11 Å². The number of ketones is 1. The number of carbonyl (C=O) groups is 2. The van der Waals surface area contributed by atoms with E-state index in [1.807, 2.05) is 22.6 Å². The summed E-state index contributed by atoms with van der Waals surface area (Å²) in [7, 11) is 0. The van der Waals surface area contributed by atoms with Crippen LogP contribution in [0.1, 0.15) is 26.7 Å². The average molecular weight is 270 g/mol. The Balaban J connectivity index is 3.80. The first-order chi connectivity index (χ1) is 4.84. The highest BCUT2D eigenvalue weighted by Crippen LogP contribution is 2.20. The first-order valence-electron chi connectivity index (χ1n) is 3.28. The molecule has 0 saturated heterocycles. The van der Waals surface area contributed by atoms with Gasteiger partial charge in [-0.2, -0.15) is 0 Å². The normalized spacial score (nSPS) is 11.2. The van der Waals surface area contributed by atoms with Crippen molar-refractivity contribution in [2.45, 2.75) is 30.1 Å². The molecule has 0 rings (SSSR count). The van der Waals surface area contributed by atoms with Crippen molar-refractivity contribution in [1.29, 1.82) is 0 Å². The molecule has 64 valence electrons. The van der Waals surface area contributed by atoms with E-state index >= 15 is 0 Å². The summed E-state index contributed by atoms with van der Waals surface area (Å²) in [5.41, 5.74) is 0. The maximum Gasteiger partial charge on any atom is 0.303 e. The molecule has 0 fully saturated rings. The molecule has 4 heteroatoms. The Bertz CT molecular complexity index is 169. The van der Waals surface area contributed by atoms with Gasteiger partial charge in [0.2, 0.25) is 0 Å². The molecular formula is C7H11IO3. The van der Waals surface area contributed by atoms with Crippen LogP contribution in [0.2, 0.25) is 0 Å². The first kappa shape index (κ1) is 10.9. The van der Waals surface area contributed by atoms with Crippen LogP contribution in [0.25, 0.3) is 0 Å². The van der Waals surface area contributed by atoms with E-state index in [-0.39, 0.29) is 18.6 Å². The van der Waals surface area contributed by atoms with Crippen LogP contribution in [-0.2, 0) is 9.59 Å². The number of alkyl halides is 1. The minimum absolute atomic E-state index is 0.0134. The molecule has 0 bridgehead atoms. The van der Waals surface area contributed by atoms with E-state index in [9.17, 15) is 9.59 Å². The third kappa shape index (κ3) is 5.17. The van der Waals surface area contributed by atoms with Gasteiger partial charge in [-0.1, -0.05) is 22.6 Å². The molecule has 0 aliphatic rings. The van der Waals surface area contributed by atoms with Crippen molar-refractivity contribution in [3.8, 4) is 0 Å². The molecular weight excluding hydrogens is 259 g/mol. The number of aliphatic carboxylic acids is 1. The molecule has 0 aromatic carbocycles. The molecule has 0 aromatic heterocycles. The van der Waals surface area contributed by atoms with Crippen molar-refractivity contribution in [3.05, 3.63) is 0 Å². The van der Waals surface area contributed by atoms with Crippen LogP contribution in [0, 0.1) is 0 Å². The van der Waals surface area contributed by atoms with Gasteiger partial charge in [-0.15, -0.1) is 0 Å². The molecule has 0 amide bonds. The highest BCUT2D eigenvalue weighted by Gasteiger charge is 2.23. The standard InChI is InChI=1S/C7H11IO3/c1-7(2,8)5(9)3-4-6(10)11/h3-4H2,1-2H3,(H,10,11). The van der Waals surface area contributed by atoms with Gasteiger partial charge in [0, 0.05) is 6.42 Å². The summed E-state index contributed by atoms with van der Waals surface area (Å²) in [6, 6.07) is 0. The van der Waals surface area contributed by atoms with Crippen molar-refractivity contribution in [2.24, 2.45) is 0 Å². The summed E-state index contributed by atoms with van der Waals surface area (Å²) < 4.78 is -0.437. The Kier molecular flexibility index (Phi) is 3.99. The lowest BCUT2D eigenvalue weighted by Gasteiger charge is -2.12. The van der Waals surface area contributed by atoms with E-state index in [0.717, 1.165) is 0 Å². The molecule has 3 nitrogen and oxygen atoms in total. The molecule has 0 saturated carbocycles. The smallest absolute Gasteiger partial charge is 0.303 e. The van der Waals surface area contributed by atoms with Crippen molar-refractivity contribution in [2.75, 3.05) is 0 Å². The highest BCUT2D eigenvalue weighted by molar-refractivity contribution is 14.1. The summed E-state index contributed by atoms with van der Waals surface area (Å²) in [5, 5.41) is 8.27. The fraction of sp³-hybridized carbons (Fsp3) is 0.714. The highest BCUT2D eigenvalue weighted by atomic mass is 127. The third-order valence-corrected chi connectivity index (χ3v) is 1.83. The number of carbonyl (C=O) groups excluding carboxylic acids is 1. The van der Waals surface area contributed by atoms with Gasteiger partial charge in [0.05, 0.1) is 9.84 Å². The lowest BCUT2D eigenvalue weighted by atomic mass is 10.0. The van der Waals surface area contributed by atoms with Gasteiger partial charge in [-0.3, -0.25) is 9.59 Å². The fourth-order valence-electron chi connectivity index (χ4n) is 0.518. The largest absolute Gasteiger partial charge is 0.481 e. The summed E-state index contributed by atoms with van der Waals surface area (Å²) in [6.07, 6.45) is 0.0660. The third-order valence-electron chi connectivity index (χ3n) is 1.23. The lowest BCUT2D eigenvalue weighted by Crippen LogP contribution is -2.24. The van der Waals surface area contributed by atoms with E-state index in [4.69, 9.17) is 5.11 Å². The minimum atomic E-state index is -0.918. The summed E-state index contributed by atoms with van der Waals surface area (Å²) in [5.74, 6) is -0.931. The number of hydrogen-bond donors (Lipinski definition) is 1. The molecule has 1 N–H and O–H groups in total.